The van der Waals surface area contributed by atoms with Gasteiger partial charge in [-0.15, -0.1) is 0 Å². The number of fused-ring (bicyclic) bond motifs is 1. The van der Waals surface area contributed by atoms with Gasteiger partial charge in [-0.2, -0.15) is 0 Å². The van der Waals surface area contributed by atoms with Gasteiger partial charge in [-0.1, -0.05) is 19.3 Å². The van der Waals surface area contributed by atoms with Gasteiger partial charge in [-0.3, -0.25) is 0 Å². The van der Waals surface area contributed by atoms with Crippen molar-refractivity contribution in [3.05, 3.63) is 57.6 Å². The average molecular weight is 814 g/mol. The summed E-state index contributed by atoms with van der Waals surface area (Å²) in [5, 5.41) is 0. The summed E-state index contributed by atoms with van der Waals surface area (Å²) in [6.07, 6.45) is 28.7. The first-order valence-corrected chi connectivity index (χ1v) is 27.2. The molecule has 5 aliphatic rings. The van der Waals surface area contributed by atoms with Crippen LogP contribution in [0.25, 0.3) is 0 Å². The van der Waals surface area contributed by atoms with Crippen LogP contribution in [-0.4, -0.2) is 33.4 Å². The number of rotatable bonds is 5. The minimum absolute atomic E-state index is 0.0465. The third-order valence-electron chi connectivity index (χ3n) is 12.8. The molecule has 2 nitrogen and oxygen atoms in total. The van der Waals surface area contributed by atoms with Crippen LogP contribution >= 0.6 is 27.3 Å². The van der Waals surface area contributed by atoms with Crippen LogP contribution in [0, 0.1) is 41.5 Å². The Hall–Kier alpha value is -0.457. The van der Waals surface area contributed by atoms with E-state index in [9.17, 15) is 0 Å². The molecule has 2 atom stereocenters. The van der Waals surface area contributed by atoms with Gasteiger partial charge in [0, 0.05) is 7.92 Å². The Morgan fingerprint density at radius 3 is 1.04 bits per heavy atom. The van der Waals surface area contributed by atoms with Crippen molar-refractivity contribution < 1.29 is 13.5 Å². The van der Waals surface area contributed by atoms with E-state index in [-0.39, 0.29) is 7.92 Å². The second-order valence-electron chi connectivity index (χ2n) is 16.6. The molecule has 0 amide bonds. The van der Waals surface area contributed by atoms with E-state index in [0.717, 1.165) is 0 Å². The van der Waals surface area contributed by atoms with E-state index in [1.54, 1.807) is 96.3 Å². The molecule has 2 unspecified atom stereocenters. The Morgan fingerprint density at radius 1 is 0.469 bits per heavy atom. The summed E-state index contributed by atoms with van der Waals surface area (Å²) in [5.74, 6) is 0. The molecule has 0 radical (unpaired) electrons. The molecule has 2 aromatic carbocycles. The van der Waals surface area contributed by atoms with Gasteiger partial charge in [0.05, 0.1) is 17.0 Å². The first kappa shape index (κ1) is 38.3. The van der Waals surface area contributed by atoms with Crippen molar-refractivity contribution in [1.82, 2.24) is 0 Å². The molecule has 0 spiro atoms. The van der Waals surface area contributed by atoms with Crippen molar-refractivity contribution in [2.75, 3.05) is 9.80 Å². The summed E-state index contributed by atoms with van der Waals surface area (Å²) in [6, 6.07) is 10.0. The normalized spacial score (nSPS) is 24.6. The Labute approximate surface area is 314 Å². The topological polar surface area (TPSA) is 6.48 Å². The maximum absolute atomic E-state index is 6.90. The zero-order valence-corrected chi connectivity index (χ0v) is 35.9. The molecule has 6 heteroatoms. The number of benzene rings is 2. The first-order valence-electron chi connectivity index (χ1n) is 20.1. The predicted octanol–water partition coefficient (Wildman–Crippen LogP) is 13.4. The first-order chi connectivity index (χ1) is 23.7. The fourth-order valence-electron chi connectivity index (χ4n) is 11.1. The minimum atomic E-state index is -2.20. The number of anilines is 2. The number of aryl methyl sites for hydroxylation is 6. The number of halogens is 2. The van der Waals surface area contributed by atoms with Gasteiger partial charge in [0.1, 0.15) is 0 Å². The van der Waals surface area contributed by atoms with Crippen molar-refractivity contribution in [3.8, 4) is 0 Å². The summed E-state index contributed by atoms with van der Waals surface area (Å²) in [6.45, 7) is 13.3. The molecule has 1 heterocycles. The summed E-state index contributed by atoms with van der Waals surface area (Å²) >= 11 is -2.20. The van der Waals surface area contributed by atoms with Crippen LogP contribution in [0.5, 0.6) is 0 Å². The molecular weight excluding hydrogens is 747 g/mol. The molecule has 1 aliphatic heterocycles. The fraction of sp³-hybridized carbons (Fsp3) is 0.698. The van der Waals surface area contributed by atoms with Gasteiger partial charge in [-0.05, 0) is 77.0 Å². The predicted molar refractivity (Wildman–Crippen MR) is 218 cm³/mol. The van der Waals surface area contributed by atoms with Crippen LogP contribution in [0.3, 0.4) is 0 Å². The van der Waals surface area contributed by atoms with Crippen LogP contribution < -0.4 is 9.80 Å². The quantitative estimate of drug-likeness (QED) is 0.219. The average Bonchev–Trinajstić information content (AvgIpc) is 3.40. The molecule has 49 heavy (non-hydrogen) atoms. The number of nitrogens with zero attached hydrogens (tertiary/aromatic N) is 2. The Bertz CT molecular complexity index is 1290. The van der Waals surface area contributed by atoms with Gasteiger partial charge in [0.15, 0.2) is 0 Å². The molecule has 7 rings (SSSR count). The van der Waals surface area contributed by atoms with Gasteiger partial charge in [0.2, 0.25) is 0 Å². The van der Waals surface area contributed by atoms with Gasteiger partial charge in [0.25, 0.3) is 0 Å². The van der Waals surface area contributed by atoms with Crippen molar-refractivity contribution in [2.24, 2.45) is 0 Å². The number of hydrogen-bond donors (Lipinski definition) is 0. The van der Waals surface area contributed by atoms with Crippen molar-refractivity contribution in [1.29, 1.82) is 0 Å². The maximum atomic E-state index is 6.90. The summed E-state index contributed by atoms with van der Waals surface area (Å²) in [4.78, 5) is 5.12. The van der Waals surface area contributed by atoms with Crippen molar-refractivity contribution in [3.63, 3.8) is 0 Å². The summed E-state index contributed by atoms with van der Waals surface area (Å²) in [7, 11) is 13.8. The molecular formula is C43H66Cl2N2PRu+. The summed E-state index contributed by atoms with van der Waals surface area (Å²) < 4.78 is 1.17. The standard InChI is InChI=1S/C25H32N2.C18H33P.2ClH.Ru/c1-16-11-18(3)24(19(4)12-16)26-15-27(23-10-8-7-9-22(23)26)25-20(5)13-17(2)14-21(25)6;1-4-10-16(11-5-1)19(17-12-6-2-7-13-17)18-14-8-3-9-15-18;;;/h11-14,22-23H,7-10H2,1-6H3;16-18H,1-15H2;2*1H;/q;;;;+2/p-1. The zero-order valence-electron chi connectivity index (χ0n) is 31.6. The van der Waals surface area contributed by atoms with Crippen LogP contribution in [0.1, 0.15) is 155 Å². The van der Waals surface area contributed by atoms with E-state index in [4.69, 9.17) is 19.4 Å². The van der Waals surface area contributed by atoms with E-state index in [1.165, 1.54) is 91.8 Å². The molecule has 0 aromatic heterocycles. The molecule has 4 aliphatic carbocycles. The van der Waals surface area contributed by atoms with E-state index in [0.29, 0.717) is 12.1 Å². The third-order valence-corrected chi connectivity index (χ3v) is 20.2. The van der Waals surface area contributed by atoms with Crippen LogP contribution in [0.4, 0.5) is 11.4 Å². The Balaban J connectivity index is 0.000000188. The third kappa shape index (κ3) is 8.69. The van der Waals surface area contributed by atoms with Crippen molar-refractivity contribution in [2.45, 2.75) is 193 Å². The van der Waals surface area contributed by atoms with E-state index in [1.807, 2.05) is 0 Å². The molecule has 4 saturated carbocycles. The molecule has 0 bridgehead atoms. The van der Waals surface area contributed by atoms with Gasteiger partial charge in [-0.25, -0.2) is 0 Å². The monoisotopic (exact) mass is 813 g/mol. The molecule has 2 aromatic rings. The van der Waals surface area contributed by atoms with E-state index < -0.39 is 13.5 Å². The molecule has 1 saturated heterocycles. The van der Waals surface area contributed by atoms with Gasteiger partial charge >= 0.3 is 195 Å². The van der Waals surface area contributed by atoms with E-state index in [2.05, 4.69) is 75.6 Å². The van der Waals surface area contributed by atoms with Crippen LogP contribution in [-0.2, 0) is 13.5 Å². The number of hydrogen-bond acceptors (Lipinski definition) is 2. The summed E-state index contributed by atoms with van der Waals surface area (Å²) in [5.41, 5.74) is 14.2. The van der Waals surface area contributed by atoms with Crippen LogP contribution in [0.15, 0.2) is 24.3 Å². The van der Waals surface area contributed by atoms with E-state index >= 15 is 0 Å². The second kappa shape index (κ2) is 17.6. The van der Waals surface area contributed by atoms with Crippen molar-refractivity contribution >= 4 is 43.0 Å². The fourth-order valence-corrected chi connectivity index (χ4v) is 19.5. The molecule has 5 fully saturated rings. The Kier molecular flexibility index (Phi) is 13.7. The SMILES string of the molecule is C1CCC([PH+](C2CCCCC2)C2CCCCC2)CC1.Cc1cc(C)c(N2[C](=[Ru]([Cl])[Cl])N(c3c(C)cc(C)cc3C)C3CCCCC32)c(C)c1. The second-order valence-corrected chi connectivity index (χ2v) is 25.7. The van der Waals surface area contributed by atoms with Gasteiger partial charge < -0.3 is 0 Å². The van der Waals surface area contributed by atoms with Crippen LogP contribution in [0.2, 0.25) is 0 Å². The Morgan fingerprint density at radius 2 is 0.755 bits per heavy atom. The molecule has 0 N–H and O–H groups in total. The zero-order chi connectivity index (χ0) is 34.7. The molecule has 274 valence electrons.